The van der Waals surface area contributed by atoms with E-state index in [9.17, 15) is 4.39 Å². The molecule has 3 rings (SSSR count). The lowest BCUT2D eigenvalue weighted by atomic mass is 10.2. The van der Waals surface area contributed by atoms with Crippen LogP contribution in [0, 0.1) is 5.82 Å². The minimum absolute atomic E-state index is 0.243. The Labute approximate surface area is 127 Å². The maximum atomic E-state index is 13.2. The number of ether oxygens (including phenoxy) is 2. The van der Waals surface area contributed by atoms with Gasteiger partial charge in [0.2, 0.25) is 0 Å². The second-order valence-electron chi connectivity index (χ2n) is 4.67. The lowest BCUT2D eigenvalue weighted by Crippen LogP contribution is -2.16. The highest BCUT2D eigenvalue weighted by Crippen LogP contribution is 2.36. The van der Waals surface area contributed by atoms with Gasteiger partial charge < -0.3 is 14.8 Å². The van der Waals surface area contributed by atoms with Crippen molar-refractivity contribution in [2.45, 2.75) is 11.4 Å². The van der Waals surface area contributed by atoms with Crippen molar-refractivity contribution in [2.24, 2.45) is 0 Å². The Morgan fingerprint density at radius 2 is 1.90 bits per heavy atom. The van der Waals surface area contributed by atoms with Crippen LogP contribution < -0.4 is 14.8 Å². The highest BCUT2D eigenvalue weighted by molar-refractivity contribution is 7.98. The molecule has 0 amide bonds. The third kappa shape index (κ3) is 3.24. The summed E-state index contributed by atoms with van der Waals surface area (Å²) in [7, 11) is 0. The average molecular weight is 305 g/mol. The maximum Gasteiger partial charge on any atom is 0.162 e. The molecule has 1 N–H and O–H groups in total. The molecular weight excluding hydrogens is 289 g/mol. The number of thioether (sulfide) groups is 1. The number of hydrogen-bond acceptors (Lipinski definition) is 4. The molecule has 110 valence electrons. The quantitative estimate of drug-likeness (QED) is 0.867. The third-order valence-corrected chi connectivity index (χ3v) is 4.07. The first-order chi connectivity index (χ1) is 10.3. The van der Waals surface area contributed by atoms with Crippen LogP contribution in [0.5, 0.6) is 11.5 Å². The summed E-state index contributed by atoms with van der Waals surface area (Å²) >= 11 is 1.66. The van der Waals surface area contributed by atoms with E-state index >= 15 is 0 Å². The standard InChI is InChI=1S/C16H16FNO2S/c1-21-16-9-15-14(19-5-6-20-15)7-11(16)10-18-13-4-2-3-12(17)8-13/h2-4,7-9,18H,5-6,10H2,1H3. The Hall–Kier alpha value is -1.88. The van der Waals surface area contributed by atoms with Crippen molar-refractivity contribution < 1.29 is 13.9 Å². The van der Waals surface area contributed by atoms with E-state index in [1.165, 1.54) is 12.1 Å². The molecule has 0 bridgehead atoms. The molecule has 2 aromatic rings. The first-order valence-corrected chi connectivity index (χ1v) is 7.94. The van der Waals surface area contributed by atoms with Gasteiger partial charge in [-0.05, 0) is 42.2 Å². The van der Waals surface area contributed by atoms with Crippen LogP contribution in [-0.2, 0) is 6.54 Å². The van der Waals surface area contributed by atoms with Gasteiger partial charge >= 0.3 is 0 Å². The molecule has 1 heterocycles. The topological polar surface area (TPSA) is 30.5 Å². The smallest absolute Gasteiger partial charge is 0.162 e. The van der Waals surface area contributed by atoms with Crippen LogP contribution in [0.4, 0.5) is 10.1 Å². The van der Waals surface area contributed by atoms with Gasteiger partial charge in [0.1, 0.15) is 19.0 Å². The summed E-state index contributed by atoms with van der Waals surface area (Å²) in [5.74, 6) is 1.32. The van der Waals surface area contributed by atoms with E-state index in [2.05, 4.69) is 5.32 Å². The van der Waals surface area contributed by atoms with Crippen LogP contribution >= 0.6 is 11.8 Å². The minimum atomic E-state index is -0.243. The maximum absolute atomic E-state index is 13.2. The van der Waals surface area contributed by atoms with Crippen LogP contribution in [0.2, 0.25) is 0 Å². The number of rotatable bonds is 4. The number of halogens is 1. The number of fused-ring (bicyclic) bond motifs is 1. The molecule has 0 aliphatic carbocycles. The SMILES string of the molecule is CSc1cc2c(cc1CNc1cccc(F)c1)OCCO2. The predicted octanol–water partition coefficient (Wildman–Crippen LogP) is 3.93. The highest BCUT2D eigenvalue weighted by atomic mass is 32.2. The summed E-state index contributed by atoms with van der Waals surface area (Å²) in [5, 5.41) is 3.23. The second kappa shape index (κ2) is 6.26. The van der Waals surface area contributed by atoms with E-state index in [1.807, 2.05) is 24.5 Å². The summed E-state index contributed by atoms with van der Waals surface area (Å²) in [6.45, 7) is 1.76. The zero-order valence-electron chi connectivity index (χ0n) is 11.7. The number of anilines is 1. The first kappa shape index (κ1) is 14.1. The molecule has 0 aromatic heterocycles. The van der Waals surface area contributed by atoms with Crippen LogP contribution in [0.3, 0.4) is 0 Å². The van der Waals surface area contributed by atoms with Crippen LogP contribution in [0.25, 0.3) is 0 Å². The number of nitrogens with one attached hydrogen (secondary N) is 1. The molecular formula is C16H16FNO2S. The van der Waals surface area contributed by atoms with Crippen molar-refractivity contribution in [3.63, 3.8) is 0 Å². The Morgan fingerprint density at radius 3 is 2.62 bits per heavy atom. The van der Waals surface area contributed by atoms with Gasteiger partial charge in [0.05, 0.1) is 0 Å². The number of benzene rings is 2. The van der Waals surface area contributed by atoms with E-state index in [-0.39, 0.29) is 5.82 Å². The fraction of sp³-hybridized carbons (Fsp3) is 0.250. The molecule has 0 atom stereocenters. The molecule has 3 nitrogen and oxygen atoms in total. The van der Waals surface area contributed by atoms with E-state index in [0.29, 0.717) is 19.8 Å². The minimum Gasteiger partial charge on any atom is -0.486 e. The Kier molecular flexibility index (Phi) is 4.20. The van der Waals surface area contributed by atoms with Crippen molar-refractivity contribution >= 4 is 17.4 Å². The van der Waals surface area contributed by atoms with E-state index in [0.717, 1.165) is 27.6 Å². The van der Waals surface area contributed by atoms with Gasteiger partial charge in [-0.3, -0.25) is 0 Å². The van der Waals surface area contributed by atoms with Crippen molar-refractivity contribution in [3.05, 3.63) is 47.8 Å². The molecule has 0 radical (unpaired) electrons. The summed E-state index contributed by atoms with van der Waals surface area (Å²) in [6.07, 6.45) is 2.02. The van der Waals surface area contributed by atoms with Crippen molar-refractivity contribution in [2.75, 3.05) is 24.8 Å². The predicted molar refractivity (Wildman–Crippen MR) is 82.9 cm³/mol. The number of hydrogen-bond donors (Lipinski definition) is 1. The molecule has 0 saturated heterocycles. The Morgan fingerprint density at radius 1 is 1.14 bits per heavy atom. The van der Waals surface area contributed by atoms with Gasteiger partial charge in [0.15, 0.2) is 11.5 Å². The van der Waals surface area contributed by atoms with Crippen molar-refractivity contribution in [1.82, 2.24) is 0 Å². The second-order valence-corrected chi connectivity index (χ2v) is 5.52. The van der Waals surface area contributed by atoms with Crippen molar-refractivity contribution in [1.29, 1.82) is 0 Å². The van der Waals surface area contributed by atoms with E-state index < -0.39 is 0 Å². The Bertz CT molecular complexity index is 648. The lowest BCUT2D eigenvalue weighted by molar-refractivity contribution is 0.171. The monoisotopic (exact) mass is 305 g/mol. The van der Waals surface area contributed by atoms with Gasteiger partial charge in [0.25, 0.3) is 0 Å². The molecule has 1 aliphatic heterocycles. The molecule has 21 heavy (non-hydrogen) atoms. The summed E-state index contributed by atoms with van der Waals surface area (Å²) in [6, 6.07) is 10.4. The average Bonchev–Trinajstić information content (AvgIpc) is 2.52. The summed E-state index contributed by atoms with van der Waals surface area (Å²) in [4.78, 5) is 1.13. The zero-order chi connectivity index (χ0) is 14.7. The fourth-order valence-electron chi connectivity index (χ4n) is 2.24. The van der Waals surface area contributed by atoms with Gasteiger partial charge in [-0.1, -0.05) is 6.07 Å². The van der Waals surface area contributed by atoms with Crippen molar-refractivity contribution in [3.8, 4) is 11.5 Å². The highest BCUT2D eigenvalue weighted by Gasteiger charge is 2.15. The van der Waals surface area contributed by atoms with Crippen LogP contribution in [-0.4, -0.2) is 19.5 Å². The largest absolute Gasteiger partial charge is 0.486 e. The normalized spacial score (nSPS) is 13.0. The van der Waals surface area contributed by atoms with Gasteiger partial charge in [-0.2, -0.15) is 0 Å². The molecule has 0 fully saturated rings. The lowest BCUT2D eigenvalue weighted by Gasteiger charge is -2.21. The van der Waals surface area contributed by atoms with Gasteiger partial charge in [-0.25, -0.2) is 4.39 Å². The molecule has 2 aromatic carbocycles. The van der Waals surface area contributed by atoms with Gasteiger partial charge in [-0.15, -0.1) is 11.8 Å². The molecule has 5 heteroatoms. The molecule has 0 saturated carbocycles. The van der Waals surface area contributed by atoms with Gasteiger partial charge in [0, 0.05) is 17.1 Å². The molecule has 1 aliphatic rings. The van der Waals surface area contributed by atoms with E-state index in [1.54, 1.807) is 17.8 Å². The molecule has 0 spiro atoms. The van der Waals surface area contributed by atoms with E-state index in [4.69, 9.17) is 9.47 Å². The Balaban J connectivity index is 1.81. The van der Waals surface area contributed by atoms with Crippen LogP contribution in [0.1, 0.15) is 5.56 Å². The zero-order valence-corrected chi connectivity index (χ0v) is 12.5. The summed E-state index contributed by atoms with van der Waals surface area (Å²) in [5.41, 5.74) is 1.87. The third-order valence-electron chi connectivity index (χ3n) is 3.25. The molecule has 0 unspecified atom stereocenters. The fourth-order valence-corrected chi connectivity index (χ4v) is 2.85. The first-order valence-electron chi connectivity index (χ1n) is 6.72. The van der Waals surface area contributed by atoms with Crippen LogP contribution in [0.15, 0.2) is 41.3 Å². The summed E-state index contributed by atoms with van der Waals surface area (Å²) < 4.78 is 24.4.